The minimum atomic E-state index is 0.749. The number of aryl methyl sites for hydroxylation is 1. The maximum atomic E-state index is 5.61. The normalized spacial score (nSPS) is 10.3. The summed E-state index contributed by atoms with van der Waals surface area (Å²) in [4.78, 5) is 4.33. The minimum absolute atomic E-state index is 0.749. The first-order valence-electron chi connectivity index (χ1n) is 5.19. The number of benzene rings is 1. The number of rotatable bonds is 4. The smallest absolute Gasteiger partial charge is 0.202 e. The second kappa shape index (κ2) is 4.94. The van der Waals surface area contributed by atoms with Crippen LogP contribution in [0.1, 0.15) is 18.3 Å². The van der Waals surface area contributed by atoms with Gasteiger partial charge in [-0.15, -0.1) is 0 Å². The maximum absolute atomic E-state index is 5.61. The third kappa shape index (κ3) is 2.70. The molecule has 1 aromatic heterocycles. The van der Waals surface area contributed by atoms with Crippen LogP contribution in [0.4, 0.5) is 10.8 Å². The third-order valence-electron chi connectivity index (χ3n) is 2.21. The van der Waals surface area contributed by atoms with Crippen LogP contribution in [0.5, 0.6) is 0 Å². The predicted molar refractivity (Wildman–Crippen MR) is 67.5 cm³/mol. The molecule has 0 amide bonds. The van der Waals surface area contributed by atoms with Crippen molar-refractivity contribution in [2.45, 2.75) is 19.9 Å². The summed E-state index contributed by atoms with van der Waals surface area (Å²) in [5.41, 5.74) is 7.58. The van der Waals surface area contributed by atoms with E-state index in [-0.39, 0.29) is 0 Å². The van der Waals surface area contributed by atoms with E-state index in [1.54, 1.807) is 0 Å². The van der Waals surface area contributed by atoms with Gasteiger partial charge in [-0.05, 0) is 17.7 Å². The highest BCUT2D eigenvalue weighted by atomic mass is 32.1. The molecule has 0 saturated carbocycles. The Balaban J connectivity index is 1.94. The highest BCUT2D eigenvalue weighted by Gasteiger charge is 2.01. The largest absolute Gasteiger partial charge is 0.399 e. The van der Waals surface area contributed by atoms with E-state index in [2.05, 4.69) is 14.7 Å². The molecule has 2 aromatic rings. The predicted octanol–water partition coefficient (Wildman–Crippen LogP) is 2.29. The number of hydrogen-bond donors (Lipinski definition) is 2. The summed E-state index contributed by atoms with van der Waals surface area (Å²) in [5, 5.41) is 4.11. The van der Waals surface area contributed by atoms with Gasteiger partial charge in [0.25, 0.3) is 0 Å². The van der Waals surface area contributed by atoms with Crippen molar-refractivity contribution in [3.05, 3.63) is 35.7 Å². The van der Waals surface area contributed by atoms with Gasteiger partial charge >= 0.3 is 0 Å². The molecule has 3 N–H and O–H groups in total. The highest BCUT2D eigenvalue weighted by molar-refractivity contribution is 7.09. The molecule has 0 saturated heterocycles. The monoisotopic (exact) mass is 234 g/mol. The van der Waals surface area contributed by atoms with Gasteiger partial charge in [0.15, 0.2) is 0 Å². The Bertz CT molecular complexity index is 449. The first-order valence-corrected chi connectivity index (χ1v) is 5.96. The van der Waals surface area contributed by atoms with E-state index in [0.29, 0.717) is 0 Å². The fourth-order valence-electron chi connectivity index (χ4n) is 1.28. The minimum Gasteiger partial charge on any atom is -0.399 e. The van der Waals surface area contributed by atoms with Crippen LogP contribution in [0.25, 0.3) is 0 Å². The van der Waals surface area contributed by atoms with Crippen molar-refractivity contribution < 1.29 is 0 Å². The van der Waals surface area contributed by atoms with Crippen LogP contribution in [0.2, 0.25) is 0 Å². The van der Waals surface area contributed by atoms with E-state index in [1.807, 2.05) is 31.2 Å². The lowest BCUT2D eigenvalue weighted by Crippen LogP contribution is -1.99. The molecule has 0 atom stereocenters. The second-order valence-corrected chi connectivity index (χ2v) is 4.22. The lowest BCUT2D eigenvalue weighted by Gasteiger charge is -2.02. The lowest BCUT2D eigenvalue weighted by molar-refractivity contribution is 0.993. The van der Waals surface area contributed by atoms with Gasteiger partial charge in [-0.3, -0.25) is 0 Å². The van der Waals surface area contributed by atoms with Crippen LogP contribution in [0.15, 0.2) is 24.3 Å². The van der Waals surface area contributed by atoms with Crippen LogP contribution in [0.3, 0.4) is 0 Å². The number of anilines is 2. The Morgan fingerprint density at radius 3 is 2.69 bits per heavy atom. The molecule has 0 aliphatic rings. The van der Waals surface area contributed by atoms with Crippen molar-refractivity contribution in [1.29, 1.82) is 0 Å². The van der Waals surface area contributed by atoms with Crippen molar-refractivity contribution in [1.82, 2.24) is 9.36 Å². The number of nitrogens with one attached hydrogen (secondary N) is 1. The Hall–Kier alpha value is -1.62. The summed E-state index contributed by atoms with van der Waals surface area (Å²) in [6, 6.07) is 7.80. The molecule has 0 radical (unpaired) electrons. The molecule has 0 fully saturated rings. The van der Waals surface area contributed by atoms with E-state index in [4.69, 9.17) is 5.73 Å². The van der Waals surface area contributed by atoms with Crippen molar-refractivity contribution in [3.63, 3.8) is 0 Å². The van der Waals surface area contributed by atoms with Crippen molar-refractivity contribution in [2.24, 2.45) is 0 Å². The second-order valence-electron chi connectivity index (χ2n) is 3.46. The van der Waals surface area contributed by atoms with Gasteiger partial charge in [-0.25, -0.2) is 4.98 Å². The van der Waals surface area contributed by atoms with E-state index in [9.17, 15) is 0 Å². The molecule has 0 spiro atoms. The van der Waals surface area contributed by atoms with E-state index >= 15 is 0 Å². The molecule has 1 heterocycles. The molecule has 4 nitrogen and oxygen atoms in total. The van der Waals surface area contributed by atoms with E-state index in [1.165, 1.54) is 17.1 Å². The molecule has 16 heavy (non-hydrogen) atoms. The Morgan fingerprint density at radius 2 is 2.06 bits per heavy atom. The zero-order valence-electron chi connectivity index (χ0n) is 9.10. The molecular weight excluding hydrogens is 220 g/mol. The van der Waals surface area contributed by atoms with Crippen LogP contribution in [0, 0.1) is 0 Å². The average Bonchev–Trinajstić information content (AvgIpc) is 2.76. The molecule has 1 aromatic carbocycles. The number of aromatic nitrogens is 2. The van der Waals surface area contributed by atoms with E-state index < -0.39 is 0 Å². The lowest BCUT2D eigenvalue weighted by atomic mass is 10.2. The summed E-state index contributed by atoms with van der Waals surface area (Å²) in [6.45, 7) is 2.80. The zero-order valence-corrected chi connectivity index (χ0v) is 9.92. The fourth-order valence-corrected chi connectivity index (χ4v) is 1.93. The number of nitrogens with zero attached hydrogens (tertiary/aromatic N) is 2. The quantitative estimate of drug-likeness (QED) is 0.797. The van der Waals surface area contributed by atoms with Gasteiger partial charge in [0.2, 0.25) is 5.13 Å². The van der Waals surface area contributed by atoms with Crippen LogP contribution < -0.4 is 11.1 Å². The summed E-state index contributed by atoms with van der Waals surface area (Å²) >= 11 is 1.40. The molecule has 2 rings (SSSR count). The fraction of sp³-hybridized carbons (Fsp3) is 0.273. The van der Waals surface area contributed by atoms with Crippen LogP contribution >= 0.6 is 11.5 Å². The van der Waals surface area contributed by atoms with Crippen molar-refractivity contribution >= 4 is 22.4 Å². The third-order valence-corrected chi connectivity index (χ3v) is 2.92. The van der Waals surface area contributed by atoms with Gasteiger partial charge in [-0.1, -0.05) is 19.1 Å². The average molecular weight is 234 g/mol. The zero-order chi connectivity index (χ0) is 11.4. The van der Waals surface area contributed by atoms with Crippen molar-refractivity contribution in [3.8, 4) is 0 Å². The topological polar surface area (TPSA) is 63.8 Å². The van der Waals surface area contributed by atoms with Gasteiger partial charge in [0, 0.05) is 30.2 Å². The Kier molecular flexibility index (Phi) is 3.36. The van der Waals surface area contributed by atoms with Gasteiger partial charge in [-0.2, -0.15) is 4.37 Å². The molecular formula is C11H14N4S. The molecule has 0 bridgehead atoms. The molecule has 0 aliphatic heterocycles. The van der Waals surface area contributed by atoms with Crippen molar-refractivity contribution in [2.75, 3.05) is 11.1 Å². The number of nitrogens with two attached hydrogens (primary N) is 1. The number of hydrogen-bond acceptors (Lipinski definition) is 5. The van der Waals surface area contributed by atoms with Gasteiger partial charge in [0.05, 0.1) is 0 Å². The van der Waals surface area contributed by atoms with Gasteiger partial charge in [0.1, 0.15) is 5.82 Å². The summed E-state index contributed by atoms with van der Waals surface area (Å²) in [5.74, 6) is 0.893. The standard InChI is InChI=1S/C11H14N4S/c1-2-10-14-11(16-15-10)13-7-8-3-5-9(12)6-4-8/h3-6H,2,7,12H2,1H3,(H,13,14,15). The molecule has 84 valence electrons. The maximum Gasteiger partial charge on any atom is 0.202 e. The Morgan fingerprint density at radius 1 is 1.31 bits per heavy atom. The first-order chi connectivity index (χ1) is 7.78. The molecule has 5 heteroatoms. The van der Waals surface area contributed by atoms with Gasteiger partial charge < -0.3 is 11.1 Å². The van der Waals surface area contributed by atoms with Crippen LogP contribution in [-0.2, 0) is 13.0 Å². The SMILES string of the molecule is CCc1nsc(NCc2ccc(N)cc2)n1. The Labute approximate surface area is 98.7 Å². The summed E-state index contributed by atoms with van der Waals surface area (Å²) < 4.78 is 4.21. The summed E-state index contributed by atoms with van der Waals surface area (Å²) in [6.07, 6.45) is 0.875. The molecule has 0 aliphatic carbocycles. The first kappa shape index (κ1) is 10.9. The van der Waals surface area contributed by atoms with Crippen LogP contribution in [-0.4, -0.2) is 9.36 Å². The summed E-state index contributed by atoms with van der Waals surface area (Å²) in [7, 11) is 0. The van der Waals surface area contributed by atoms with E-state index in [0.717, 1.165) is 29.6 Å². The molecule has 0 unspecified atom stereocenters. The number of nitrogen functional groups attached to an aromatic ring is 1. The highest BCUT2D eigenvalue weighted by Crippen LogP contribution is 2.13.